The Morgan fingerprint density at radius 1 is 1.25 bits per heavy atom. The summed E-state index contributed by atoms with van der Waals surface area (Å²) in [4.78, 5) is 9.83. The van der Waals surface area contributed by atoms with Crippen LogP contribution in [0.25, 0.3) is 0 Å². The molecule has 0 aliphatic carbocycles. The van der Waals surface area contributed by atoms with Crippen molar-refractivity contribution in [3.05, 3.63) is 17.6 Å². The summed E-state index contributed by atoms with van der Waals surface area (Å²) in [5, 5.41) is 3.17. The number of rotatable bonds is 4. The van der Waals surface area contributed by atoms with Crippen LogP contribution in [0, 0.1) is 0 Å². The van der Waals surface area contributed by atoms with Gasteiger partial charge in [0, 0.05) is 38.7 Å². The van der Waals surface area contributed by atoms with Gasteiger partial charge >= 0.3 is 6.18 Å². The number of nitrogens with zero attached hydrogens (tertiary/aromatic N) is 3. The lowest BCUT2D eigenvalue weighted by Crippen LogP contribution is -2.44. The maximum absolute atomic E-state index is 12.9. The van der Waals surface area contributed by atoms with E-state index >= 15 is 0 Å². The van der Waals surface area contributed by atoms with Crippen LogP contribution in [-0.4, -0.2) is 36.1 Å². The van der Waals surface area contributed by atoms with Gasteiger partial charge in [-0.2, -0.15) is 13.2 Å². The van der Waals surface area contributed by atoms with Crippen LogP contribution < -0.4 is 10.2 Å². The zero-order valence-electron chi connectivity index (χ0n) is 11.5. The number of alkyl halides is 3. The average Bonchev–Trinajstić information content (AvgIpc) is 2.45. The van der Waals surface area contributed by atoms with Crippen LogP contribution in [0.3, 0.4) is 0 Å². The lowest BCUT2D eigenvalue weighted by atomic mass is 10.2. The highest BCUT2D eigenvalue weighted by atomic mass is 19.4. The first-order valence-corrected chi connectivity index (χ1v) is 6.91. The second-order valence-electron chi connectivity index (χ2n) is 4.87. The van der Waals surface area contributed by atoms with Gasteiger partial charge in [-0.15, -0.1) is 0 Å². The van der Waals surface area contributed by atoms with Crippen LogP contribution in [-0.2, 0) is 12.6 Å². The standard InChI is InChI=1S/C13H19F3N4/c1-2-3-4-11-18-10(13(14,15)16)9-12(19-11)20-7-5-17-6-8-20/h9,17H,2-8H2,1H3. The number of aryl methyl sites for hydroxylation is 1. The van der Waals surface area contributed by atoms with Crippen molar-refractivity contribution in [1.29, 1.82) is 0 Å². The Labute approximate surface area is 116 Å². The first-order chi connectivity index (χ1) is 9.50. The topological polar surface area (TPSA) is 41.1 Å². The van der Waals surface area contributed by atoms with Crippen molar-refractivity contribution < 1.29 is 13.2 Å². The number of hydrogen-bond donors (Lipinski definition) is 1. The molecule has 4 nitrogen and oxygen atoms in total. The van der Waals surface area contributed by atoms with Gasteiger partial charge in [-0.25, -0.2) is 9.97 Å². The highest BCUT2D eigenvalue weighted by molar-refractivity contribution is 5.41. The molecule has 0 bridgehead atoms. The third-order valence-corrected chi connectivity index (χ3v) is 3.24. The van der Waals surface area contributed by atoms with Crippen LogP contribution in [0.2, 0.25) is 0 Å². The zero-order chi connectivity index (χ0) is 14.6. The summed E-state index contributed by atoms with van der Waals surface area (Å²) in [6.45, 7) is 4.85. The predicted molar refractivity (Wildman–Crippen MR) is 70.7 cm³/mol. The van der Waals surface area contributed by atoms with Crippen molar-refractivity contribution in [3.8, 4) is 0 Å². The smallest absolute Gasteiger partial charge is 0.354 e. The number of halogens is 3. The van der Waals surface area contributed by atoms with Crippen molar-refractivity contribution in [2.45, 2.75) is 32.4 Å². The summed E-state index contributed by atoms with van der Waals surface area (Å²) in [5.74, 6) is 0.676. The first kappa shape index (κ1) is 15.0. The molecule has 20 heavy (non-hydrogen) atoms. The maximum atomic E-state index is 12.9. The molecule has 0 aromatic carbocycles. The van der Waals surface area contributed by atoms with Gasteiger partial charge in [0.15, 0.2) is 0 Å². The summed E-state index contributed by atoms with van der Waals surface area (Å²) in [6, 6.07) is 1.06. The van der Waals surface area contributed by atoms with Gasteiger partial charge in [-0.05, 0) is 6.42 Å². The molecule has 1 aliphatic heterocycles. The van der Waals surface area contributed by atoms with Crippen molar-refractivity contribution in [1.82, 2.24) is 15.3 Å². The predicted octanol–water partition coefficient (Wildman–Crippen LogP) is 2.25. The first-order valence-electron chi connectivity index (χ1n) is 6.91. The number of nitrogens with one attached hydrogen (secondary N) is 1. The van der Waals surface area contributed by atoms with Gasteiger partial charge < -0.3 is 10.2 Å². The minimum atomic E-state index is -4.42. The van der Waals surface area contributed by atoms with Crippen molar-refractivity contribution >= 4 is 5.82 Å². The molecule has 1 fully saturated rings. The van der Waals surface area contributed by atoms with Gasteiger partial charge in [0.2, 0.25) is 0 Å². The number of anilines is 1. The van der Waals surface area contributed by atoms with E-state index in [1.54, 1.807) is 0 Å². The second-order valence-corrected chi connectivity index (χ2v) is 4.87. The molecule has 0 atom stereocenters. The minimum Gasteiger partial charge on any atom is -0.354 e. The maximum Gasteiger partial charge on any atom is 0.433 e. The van der Waals surface area contributed by atoms with Gasteiger partial charge in [-0.3, -0.25) is 0 Å². The van der Waals surface area contributed by atoms with Gasteiger partial charge in [0.25, 0.3) is 0 Å². The quantitative estimate of drug-likeness (QED) is 0.922. The summed E-state index contributed by atoms with van der Waals surface area (Å²) in [6.07, 6.45) is -2.24. The fourth-order valence-corrected chi connectivity index (χ4v) is 2.13. The normalized spacial score (nSPS) is 16.5. The van der Waals surface area contributed by atoms with E-state index in [1.807, 2.05) is 11.8 Å². The molecule has 112 valence electrons. The lowest BCUT2D eigenvalue weighted by molar-refractivity contribution is -0.141. The number of aromatic nitrogens is 2. The summed E-state index contributed by atoms with van der Waals surface area (Å²) < 4.78 is 38.7. The minimum absolute atomic E-state index is 0.287. The largest absolute Gasteiger partial charge is 0.433 e. The van der Waals surface area contributed by atoms with Crippen molar-refractivity contribution in [2.24, 2.45) is 0 Å². The van der Waals surface area contributed by atoms with Crippen LogP contribution in [0.5, 0.6) is 0 Å². The van der Waals surface area contributed by atoms with E-state index < -0.39 is 11.9 Å². The number of hydrogen-bond acceptors (Lipinski definition) is 4. The lowest BCUT2D eigenvalue weighted by Gasteiger charge is -2.29. The molecule has 1 saturated heterocycles. The molecule has 2 rings (SSSR count). The number of piperazine rings is 1. The SMILES string of the molecule is CCCCc1nc(N2CCNCC2)cc(C(F)(F)F)n1. The van der Waals surface area contributed by atoms with Crippen LogP contribution in [0.1, 0.15) is 31.3 Å². The average molecular weight is 288 g/mol. The Balaban J connectivity index is 2.29. The Bertz CT molecular complexity index is 442. The van der Waals surface area contributed by atoms with E-state index in [0.29, 0.717) is 25.3 Å². The molecule has 0 spiro atoms. The van der Waals surface area contributed by atoms with Crippen LogP contribution in [0.15, 0.2) is 6.07 Å². The molecule has 7 heteroatoms. The molecule has 1 aromatic rings. The Kier molecular flexibility index (Phi) is 4.80. The monoisotopic (exact) mass is 288 g/mol. The molecule has 0 unspecified atom stereocenters. The summed E-state index contributed by atoms with van der Waals surface area (Å²) >= 11 is 0. The van der Waals surface area contributed by atoms with Gasteiger partial charge in [-0.1, -0.05) is 13.3 Å². The van der Waals surface area contributed by atoms with E-state index in [4.69, 9.17) is 0 Å². The third-order valence-electron chi connectivity index (χ3n) is 3.24. The summed E-state index contributed by atoms with van der Waals surface area (Å²) in [7, 11) is 0. The molecule has 1 N–H and O–H groups in total. The number of unbranched alkanes of at least 4 members (excludes halogenated alkanes) is 1. The molecule has 0 amide bonds. The highest BCUT2D eigenvalue weighted by Crippen LogP contribution is 2.30. The Hall–Kier alpha value is -1.37. The highest BCUT2D eigenvalue weighted by Gasteiger charge is 2.34. The zero-order valence-corrected chi connectivity index (χ0v) is 11.5. The third kappa shape index (κ3) is 3.82. The van der Waals surface area contributed by atoms with E-state index in [2.05, 4.69) is 15.3 Å². The Morgan fingerprint density at radius 3 is 2.55 bits per heavy atom. The van der Waals surface area contributed by atoms with Crippen molar-refractivity contribution in [2.75, 3.05) is 31.1 Å². The molecule has 0 saturated carbocycles. The molecule has 2 heterocycles. The van der Waals surface area contributed by atoms with Gasteiger partial charge in [0.05, 0.1) is 0 Å². The van der Waals surface area contributed by atoms with Crippen molar-refractivity contribution in [3.63, 3.8) is 0 Å². The fraction of sp³-hybridized carbons (Fsp3) is 0.692. The van der Waals surface area contributed by atoms with Gasteiger partial charge in [0.1, 0.15) is 17.3 Å². The van der Waals surface area contributed by atoms with E-state index in [0.717, 1.165) is 32.0 Å². The molecule has 1 aromatic heterocycles. The molecule has 0 radical (unpaired) electrons. The van der Waals surface area contributed by atoms with Crippen LogP contribution in [0.4, 0.5) is 19.0 Å². The van der Waals surface area contributed by atoms with E-state index in [1.165, 1.54) is 0 Å². The molecule has 1 aliphatic rings. The Morgan fingerprint density at radius 2 is 1.95 bits per heavy atom. The molecular weight excluding hydrogens is 269 g/mol. The molecular formula is C13H19F3N4. The fourth-order valence-electron chi connectivity index (χ4n) is 2.13. The summed E-state index contributed by atoms with van der Waals surface area (Å²) in [5.41, 5.74) is -0.841. The second kappa shape index (κ2) is 6.39. The van der Waals surface area contributed by atoms with E-state index in [-0.39, 0.29) is 5.82 Å². The van der Waals surface area contributed by atoms with E-state index in [9.17, 15) is 13.2 Å². The van der Waals surface area contributed by atoms with Crippen LogP contribution >= 0.6 is 0 Å².